The summed E-state index contributed by atoms with van der Waals surface area (Å²) < 4.78 is 1.41. The smallest absolute Gasteiger partial charge is 0.255 e. The second-order valence-electron chi connectivity index (χ2n) is 7.62. The number of aryl methyl sites for hydroxylation is 2. The third-order valence-electron chi connectivity index (χ3n) is 5.41. The van der Waals surface area contributed by atoms with Crippen LogP contribution in [0.3, 0.4) is 0 Å². The molecule has 0 radical (unpaired) electrons. The zero-order chi connectivity index (χ0) is 22.1. The first-order chi connectivity index (χ1) is 14.9. The Morgan fingerprint density at radius 2 is 1.97 bits per heavy atom. The van der Waals surface area contributed by atoms with Crippen LogP contribution in [0.15, 0.2) is 41.2 Å². The van der Waals surface area contributed by atoms with Crippen LogP contribution in [0, 0.1) is 19.8 Å². The summed E-state index contributed by atoms with van der Waals surface area (Å²) in [5.74, 6) is -0.242. The van der Waals surface area contributed by atoms with Crippen LogP contribution in [0.25, 0.3) is 5.95 Å². The summed E-state index contributed by atoms with van der Waals surface area (Å²) in [6.45, 7) is 5.76. The van der Waals surface area contributed by atoms with Gasteiger partial charge in [0.1, 0.15) is 5.82 Å². The van der Waals surface area contributed by atoms with E-state index >= 15 is 0 Å². The predicted molar refractivity (Wildman–Crippen MR) is 116 cm³/mol. The fourth-order valence-corrected chi connectivity index (χ4v) is 3.83. The van der Waals surface area contributed by atoms with E-state index in [-0.39, 0.29) is 29.7 Å². The normalized spacial score (nSPS) is 16.0. The van der Waals surface area contributed by atoms with Gasteiger partial charge in [0, 0.05) is 36.0 Å². The van der Waals surface area contributed by atoms with Crippen LogP contribution in [-0.4, -0.2) is 38.1 Å². The summed E-state index contributed by atoms with van der Waals surface area (Å²) >= 11 is 0. The van der Waals surface area contributed by atoms with Gasteiger partial charge in [0.2, 0.25) is 17.8 Å². The van der Waals surface area contributed by atoms with Crippen molar-refractivity contribution in [2.24, 2.45) is 5.92 Å². The van der Waals surface area contributed by atoms with Crippen LogP contribution in [0.5, 0.6) is 0 Å². The molecule has 0 spiro atoms. The molecule has 0 aliphatic carbocycles. The monoisotopic (exact) mass is 420 g/mol. The molecule has 3 aromatic rings. The lowest BCUT2D eigenvalue weighted by atomic mass is 10.1. The molecule has 1 unspecified atom stereocenters. The molecule has 4 rings (SSSR count). The summed E-state index contributed by atoms with van der Waals surface area (Å²) in [5, 5.41) is 7.22. The van der Waals surface area contributed by atoms with Gasteiger partial charge in [-0.2, -0.15) is 9.78 Å². The minimum absolute atomic E-state index is 0.0900. The lowest BCUT2D eigenvalue weighted by Gasteiger charge is -2.16. The van der Waals surface area contributed by atoms with Crippen molar-refractivity contribution < 1.29 is 9.59 Å². The van der Waals surface area contributed by atoms with Crippen LogP contribution in [-0.2, 0) is 16.0 Å². The van der Waals surface area contributed by atoms with Crippen molar-refractivity contribution in [1.82, 2.24) is 19.7 Å². The maximum atomic E-state index is 12.9. The van der Waals surface area contributed by atoms with Crippen LogP contribution < -0.4 is 15.8 Å². The molecular formula is C22H24N6O3. The van der Waals surface area contributed by atoms with Crippen LogP contribution >= 0.6 is 0 Å². The number of nitrogens with one attached hydrogen (secondary N) is 2. The lowest BCUT2D eigenvalue weighted by molar-refractivity contribution is -0.122. The zero-order valence-electron chi connectivity index (χ0n) is 17.7. The Morgan fingerprint density at radius 3 is 2.65 bits per heavy atom. The average molecular weight is 420 g/mol. The molecule has 2 aromatic heterocycles. The van der Waals surface area contributed by atoms with E-state index in [0.717, 1.165) is 5.69 Å². The summed E-state index contributed by atoms with van der Waals surface area (Å²) in [5.41, 5.74) is 2.44. The number of anilines is 2. The predicted octanol–water partition coefficient (Wildman–Crippen LogP) is 2.13. The first-order valence-corrected chi connectivity index (χ1v) is 10.2. The number of amides is 2. The molecule has 1 aromatic carbocycles. The van der Waals surface area contributed by atoms with Crippen LogP contribution in [0.4, 0.5) is 11.5 Å². The maximum absolute atomic E-state index is 12.9. The van der Waals surface area contributed by atoms with Crippen molar-refractivity contribution in [3.05, 3.63) is 63.7 Å². The van der Waals surface area contributed by atoms with Crippen molar-refractivity contribution in [3.63, 3.8) is 0 Å². The number of para-hydroxylation sites is 1. The minimum atomic E-state index is -0.493. The number of aromatic amines is 1. The highest BCUT2D eigenvalue weighted by Crippen LogP contribution is 2.26. The third kappa shape index (κ3) is 3.98. The lowest BCUT2D eigenvalue weighted by Crippen LogP contribution is -2.29. The molecule has 0 bridgehead atoms. The molecule has 2 N–H and O–H groups in total. The van der Waals surface area contributed by atoms with Gasteiger partial charge in [-0.05, 0) is 32.4 Å². The molecule has 9 nitrogen and oxygen atoms in total. The van der Waals surface area contributed by atoms with Gasteiger partial charge in [0.05, 0.1) is 11.6 Å². The highest BCUT2D eigenvalue weighted by Gasteiger charge is 2.35. The summed E-state index contributed by atoms with van der Waals surface area (Å²) in [6, 6.07) is 11.0. The fraction of sp³-hybridized carbons (Fsp3) is 0.318. The average Bonchev–Trinajstić information content (AvgIpc) is 3.31. The fourth-order valence-electron chi connectivity index (χ4n) is 3.83. The molecule has 2 amide bonds. The largest absolute Gasteiger partial charge is 0.312 e. The van der Waals surface area contributed by atoms with Gasteiger partial charge in [0.15, 0.2) is 0 Å². The van der Waals surface area contributed by atoms with E-state index in [1.54, 1.807) is 24.8 Å². The second-order valence-corrected chi connectivity index (χ2v) is 7.62. The van der Waals surface area contributed by atoms with E-state index in [1.165, 1.54) is 4.68 Å². The van der Waals surface area contributed by atoms with E-state index in [0.29, 0.717) is 35.7 Å². The standard InChI is InChI=1S/C22H24N6O3/c1-4-17-14(3)23-22(25-21(17)31)28-18(10-13(2)26-28)24-20(30)15-11-19(29)27(12-15)16-8-6-5-7-9-16/h5-10,15H,4,11-12H2,1-3H3,(H,24,30)(H,23,25,31). The van der Waals surface area contributed by atoms with Crippen molar-refractivity contribution in [3.8, 4) is 5.95 Å². The first-order valence-electron chi connectivity index (χ1n) is 10.2. The highest BCUT2D eigenvalue weighted by molar-refractivity contribution is 6.03. The van der Waals surface area contributed by atoms with Gasteiger partial charge in [0.25, 0.3) is 5.56 Å². The number of hydrogen-bond donors (Lipinski definition) is 2. The molecule has 1 aliphatic heterocycles. The molecule has 31 heavy (non-hydrogen) atoms. The Labute approximate surface area is 179 Å². The van der Waals surface area contributed by atoms with Gasteiger partial charge in [-0.15, -0.1) is 0 Å². The van der Waals surface area contributed by atoms with Crippen molar-refractivity contribution >= 4 is 23.3 Å². The molecule has 0 saturated carbocycles. The maximum Gasteiger partial charge on any atom is 0.255 e. The molecule has 1 saturated heterocycles. The number of H-pyrrole nitrogens is 1. The topological polar surface area (TPSA) is 113 Å². The number of aromatic nitrogens is 4. The molecule has 3 heterocycles. The minimum Gasteiger partial charge on any atom is -0.312 e. The van der Waals surface area contributed by atoms with Gasteiger partial charge in [-0.25, -0.2) is 4.98 Å². The van der Waals surface area contributed by atoms with E-state index in [9.17, 15) is 14.4 Å². The molecule has 9 heteroatoms. The molecule has 1 fully saturated rings. The van der Waals surface area contributed by atoms with Gasteiger partial charge in [-0.3, -0.25) is 19.4 Å². The number of hydrogen-bond acceptors (Lipinski definition) is 5. The molecular weight excluding hydrogens is 396 g/mol. The number of rotatable bonds is 5. The Morgan fingerprint density at radius 1 is 1.23 bits per heavy atom. The second kappa shape index (κ2) is 8.17. The third-order valence-corrected chi connectivity index (χ3v) is 5.41. The van der Waals surface area contributed by atoms with Crippen molar-refractivity contribution in [2.75, 3.05) is 16.8 Å². The Hall–Kier alpha value is -3.75. The Kier molecular flexibility index (Phi) is 5.41. The van der Waals surface area contributed by atoms with Gasteiger partial charge >= 0.3 is 0 Å². The summed E-state index contributed by atoms with van der Waals surface area (Å²) in [4.78, 5) is 46.6. The number of carbonyl (C=O) groups excluding carboxylic acids is 2. The molecule has 1 aliphatic rings. The summed E-state index contributed by atoms with van der Waals surface area (Å²) in [6.07, 6.45) is 0.705. The van der Waals surface area contributed by atoms with E-state index < -0.39 is 5.92 Å². The Bertz CT molecular complexity index is 1200. The van der Waals surface area contributed by atoms with E-state index in [2.05, 4.69) is 20.4 Å². The molecule has 160 valence electrons. The van der Waals surface area contributed by atoms with Gasteiger partial charge in [-0.1, -0.05) is 25.1 Å². The van der Waals surface area contributed by atoms with Crippen LogP contribution in [0.1, 0.15) is 30.3 Å². The van der Waals surface area contributed by atoms with Crippen molar-refractivity contribution in [2.45, 2.75) is 33.6 Å². The van der Waals surface area contributed by atoms with Crippen LogP contribution in [0.2, 0.25) is 0 Å². The number of benzene rings is 1. The Balaban J connectivity index is 1.57. The quantitative estimate of drug-likeness (QED) is 0.657. The molecule has 1 atom stereocenters. The highest BCUT2D eigenvalue weighted by atomic mass is 16.2. The summed E-state index contributed by atoms with van der Waals surface area (Å²) in [7, 11) is 0. The van der Waals surface area contributed by atoms with E-state index in [1.807, 2.05) is 37.3 Å². The number of nitrogens with zero attached hydrogens (tertiary/aromatic N) is 4. The SMILES string of the molecule is CCc1c(C)nc(-n2nc(C)cc2NC(=O)C2CC(=O)N(c3ccccc3)C2)[nH]c1=O. The zero-order valence-corrected chi connectivity index (χ0v) is 17.7. The van der Waals surface area contributed by atoms with Crippen molar-refractivity contribution in [1.29, 1.82) is 0 Å². The van der Waals surface area contributed by atoms with Gasteiger partial charge < -0.3 is 10.2 Å². The first kappa shape index (κ1) is 20.5. The number of carbonyl (C=O) groups is 2. The van der Waals surface area contributed by atoms with E-state index in [4.69, 9.17) is 0 Å².